The van der Waals surface area contributed by atoms with Gasteiger partial charge in [-0.15, -0.1) is 0 Å². The lowest BCUT2D eigenvalue weighted by molar-refractivity contribution is -0.709. The van der Waals surface area contributed by atoms with Crippen LogP contribution in [0.25, 0.3) is 21.5 Å². The highest BCUT2D eigenvalue weighted by atomic mass is 19.5. The predicted molar refractivity (Wildman–Crippen MR) is 130 cm³/mol. The maximum atomic E-state index is 9.75. The van der Waals surface area contributed by atoms with Crippen LogP contribution in [-0.2, 0) is 0 Å². The Bertz CT molecular complexity index is 1290. The Kier molecular flexibility index (Phi) is 6.73. The first-order chi connectivity index (χ1) is 16.2. The topological polar surface area (TPSA) is 8.81 Å². The molecule has 4 aromatic carbocycles. The van der Waals surface area contributed by atoms with Crippen molar-refractivity contribution in [1.82, 2.24) is 4.57 Å². The van der Waals surface area contributed by atoms with Gasteiger partial charge < -0.3 is 17.3 Å². The molecule has 5 aromatic rings. The summed E-state index contributed by atoms with van der Waals surface area (Å²) in [7, 11) is -6.00. The molecule has 2 atom stereocenters. The zero-order valence-corrected chi connectivity index (χ0v) is 19.0. The Morgan fingerprint density at radius 2 is 1.15 bits per heavy atom. The van der Waals surface area contributed by atoms with Gasteiger partial charge in [-0.3, -0.25) is 0 Å². The minimum Gasteiger partial charge on any atom is -0.418 e. The van der Waals surface area contributed by atoms with Gasteiger partial charge in [0.1, 0.15) is 24.5 Å². The van der Waals surface area contributed by atoms with Gasteiger partial charge in [-0.1, -0.05) is 84.9 Å². The van der Waals surface area contributed by atoms with Crippen LogP contribution in [0.3, 0.4) is 0 Å². The fourth-order valence-electron chi connectivity index (χ4n) is 4.39. The maximum absolute atomic E-state index is 9.75. The van der Waals surface area contributed by atoms with Crippen molar-refractivity contribution >= 4 is 28.8 Å². The van der Waals surface area contributed by atoms with Crippen LogP contribution < -0.4 is 4.57 Å². The van der Waals surface area contributed by atoms with E-state index in [1.54, 1.807) is 0 Å². The smallest absolute Gasteiger partial charge is 0.418 e. The molecule has 1 heterocycles. The van der Waals surface area contributed by atoms with E-state index in [0.717, 1.165) is 0 Å². The second-order valence-corrected chi connectivity index (χ2v) is 8.29. The molecule has 0 amide bonds. The second-order valence-electron chi connectivity index (χ2n) is 8.29. The molecule has 0 unspecified atom stereocenters. The molecule has 0 aliphatic carbocycles. The molecule has 34 heavy (non-hydrogen) atoms. The van der Waals surface area contributed by atoms with E-state index >= 15 is 0 Å². The molecule has 0 N–H and O–H groups in total. The summed E-state index contributed by atoms with van der Waals surface area (Å²) < 4.78 is 43.6. The third-order valence-electron chi connectivity index (χ3n) is 6.12. The zero-order chi connectivity index (χ0) is 24.3. The number of fused-ring (bicyclic) bond motifs is 2. The lowest BCUT2D eigenvalue weighted by Gasteiger charge is -2.13. The summed E-state index contributed by atoms with van der Waals surface area (Å²) in [4.78, 5) is 0. The maximum Gasteiger partial charge on any atom is 0.673 e. The van der Waals surface area contributed by atoms with Crippen LogP contribution in [0.15, 0.2) is 104 Å². The van der Waals surface area contributed by atoms with Gasteiger partial charge in [-0.2, -0.15) is 0 Å². The standard InChI is InChI=1S/C27H25N2.BF4/c1-20(24-15-7-11-22-9-3-5-13-26(22)24)28-17-18-29(19-28)21(2)25-16-8-12-23-10-4-6-14-27(23)25;2-1(3,4)5/h3-21H,1-2H3;/q+1;-1/t20-,21-;/m0./s1. The molecular weight excluding hydrogens is 439 g/mol. The summed E-state index contributed by atoms with van der Waals surface area (Å²) in [6.07, 6.45) is 6.61. The summed E-state index contributed by atoms with van der Waals surface area (Å²) in [6.45, 7) is 4.55. The first kappa shape index (κ1) is 23.5. The number of aromatic nitrogens is 2. The molecule has 7 heteroatoms. The van der Waals surface area contributed by atoms with Gasteiger partial charge in [-0.05, 0) is 35.4 Å². The Balaban J connectivity index is 0.000000499. The molecule has 0 saturated carbocycles. The highest BCUT2D eigenvalue weighted by molar-refractivity contribution is 6.50. The van der Waals surface area contributed by atoms with Gasteiger partial charge in [0.15, 0.2) is 0 Å². The average molecular weight is 464 g/mol. The largest absolute Gasteiger partial charge is 0.673 e. The van der Waals surface area contributed by atoms with Crippen LogP contribution in [0.1, 0.15) is 37.1 Å². The Morgan fingerprint density at radius 3 is 1.74 bits per heavy atom. The molecule has 0 bridgehead atoms. The number of imidazole rings is 1. The lowest BCUT2D eigenvalue weighted by atomic mass is 9.99. The highest BCUT2D eigenvalue weighted by Gasteiger charge is 2.21. The molecular formula is C27H25BF4N2. The van der Waals surface area contributed by atoms with E-state index in [2.05, 4.69) is 127 Å². The second kappa shape index (κ2) is 9.71. The van der Waals surface area contributed by atoms with E-state index in [0.29, 0.717) is 0 Å². The summed E-state index contributed by atoms with van der Waals surface area (Å²) in [5.74, 6) is 0. The molecule has 0 spiro atoms. The highest BCUT2D eigenvalue weighted by Crippen LogP contribution is 2.27. The van der Waals surface area contributed by atoms with Crippen LogP contribution in [0.4, 0.5) is 17.3 Å². The monoisotopic (exact) mass is 464 g/mol. The molecule has 5 rings (SSSR count). The molecule has 1 aromatic heterocycles. The molecule has 0 saturated heterocycles. The van der Waals surface area contributed by atoms with E-state index in [-0.39, 0.29) is 12.1 Å². The number of rotatable bonds is 4. The van der Waals surface area contributed by atoms with Crippen LogP contribution in [0.2, 0.25) is 0 Å². The van der Waals surface area contributed by atoms with Crippen molar-refractivity contribution < 1.29 is 21.8 Å². The van der Waals surface area contributed by atoms with Crippen molar-refractivity contribution in [2.24, 2.45) is 0 Å². The number of halogens is 4. The van der Waals surface area contributed by atoms with Gasteiger partial charge in [0.05, 0.1) is 0 Å². The van der Waals surface area contributed by atoms with Crippen molar-refractivity contribution in [2.75, 3.05) is 0 Å². The van der Waals surface area contributed by atoms with Crippen LogP contribution in [0.5, 0.6) is 0 Å². The number of nitrogens with zero attached hydrogens (tertiary/aromatic N) is 2. The van der Waals surface area contributed by atoms with Gasteiger partial charge in [0.2, 0.25) is 6.33 Å². The van der Waals surface area contributed by atoms with Gasteiger partial charge >= 0.3 is 7.25 Å². The first-order valence-electron chi connectivity index (χ1n) is 11.1. The average Bonchev–Trinajstić information content (AvgIpc) is 3.32. The van der Waals surface area contributed by atoms with E-state index < -0.39 is 7.25 Å². The van der Waals surface area contributed by atoms with Crippen molar-refractivity contribution in [3.63, 3.8) is 0 Å². The van der Waals surface area contributed by atoms with Crippen molar-refractivity contribution in [2.45, 2.75) is 25.9 Å². The minimum atomic E-state index is -6.00. The fraction of sp³-hybridized carbons (Fsp3) is 0.148. The first-order valence-corrected chi connectivity index (χ1v) is 11.1. The van der Waals surface area contributed by atoms with E-state index in [1.165, 1.54) is 32.7 Å². The zero-order valence-electron chi connectivity index (χ0n) is 19.0. The molecule has 2 nitrogen and oxygen atoms in total. The molecule has 0 aliphatic heterocycles. The van der Waals surface area contributed by atoms with Crippen LogP contribution in [-0.4, -0.2) is 11.8 Å². The van der Waals surface area contributed by atoms with E-state index in [1.807, 2.05) is 0 Å². The third-order valence-corrected chi connectivity index (χ3v) is 6.12. The normalized spacial score (nSPS) is 13.4. The SMILES string of the molecule is C[C@@H](c1cccc2ccccc12)n1cc[n+]([C@@H](C)c2cccc3ccccc23)c1.F[B-](F)(F)F. The Labute approximate surface area is 196 Å². The van der Waals surface area contributed by atoms with Crippen LogP contribution >= 0.6 is 0 Å². The summed E-state index contributed by atoms with van der Waals surface area (Å²) >= 11 is 0. The molecule has 174 valence electrons. The molecule has 0 radical (unpaired) electrons. The van der Waals surface area contributed by atoms with Gasteiger partial charge in [-0.25, -0.2) is 9.13 Å². The number of benzene rings is 4. The van der Waals surface area contributed by atoms with E-state index in [9.17, 15) is 17.3 Å². The van der Waals surface area contributed by atoms with Crippen LogP contribution in [0, 0.1) is 0 Å². The van der Waals surface area contributed by atoms with Gasteiger partial charge in [0.25, 0.3) is 0 Å². The summed E-state index contributed by atoms with van der Waals surface area (Å²) in [5.41, 5.74) is 2.70. The van der Waals surface area contributed by atoms with Gasteiger partial charge in [0, 0.05) is 11.1 Å². The van der Waals surface area contributed by atoms with E-state index in [4.69, 9.17) is 0 Å². The van der Waals surface area contributed by atoms with Crippen molar-refractivity contribution in [1.29, 1.82) is 0 Å². The number of hydrogen-bond acceptors (Lipinski definition) is 0. The van der Waals surface area contributed by atoms with Crippen molar-refractivity contribution in [3.05, 3.63) is 115 Å². The Hall–Kier alpha value is -3.61. The fourth-order valence-corrected chi connectivity index (χ4v) is 4.39. The Morgan fingerprint density at radius 1 is 0.676 bits per heavy atom. The number of hydrogen-bond donors (Lipinski definition) is 0. The quantitative estimate of drug-likeness (QED) is 0.147. The minimum absolute atomic E-state index is 0.266. The summed E-state index contributed by atoms with van der Waals surface area (Å²) in [6, 6.07) is 31.0. The summed E-state index contributed by atoms with van der Waals surface area (Å²) in [5, 5.41) is 5.23. The molecule has 0 aliphatic rings. The lowest BCUT2D eigenvalue weighted by Crippen LogP contribution is -2.36. The third kappa shape index (κ3) is 5.30. The van der Waals surface area contributed by atoms with Crippen molar-refractivity contribution in [3.8, 4) is 0 Å². The predicted octanol–water partition coefficient (Wildman–Crippen LogP) is 7.60. The molecule has 0 fully saturated rings.